The van der Waals surface area contributed by atoms with E-state index in [9.17, 15) is 45.6 Å². The molecule has 0 radical (unpaired) electrons. The van der Waals surface area contributed by atoms with Crippen molar-refractivity contribution in [3.05, 3.63) is 12.2 Å². The van der Waals surface area contributed by atoms with Crippen molar-refractivity contribution in [2.45, 2.75) is 299 Å². The molecule has 14 heteroatoms. The normalized spacial score (nSPS) is 26.6. The van der Waals surface area contributed by atoms with Crippen molar-refractivity contribution in [2.24, 2.45) is 0 Å². The lowest BCUT2D eigenvalue weighted by molar-refractivity contribution is -0.359. The van der Waals surface area contributed by atoms with Gasteiger partial charge in [-0.2, -0.15) is 0 Å². The number of rotatable bonds is 43. The van der Waals surface area contributed by atoms with Gasteiger partial charge < -0.3 is 65.1 Å². The summed E-state index contributed by atoms with van der Waals surface area (Å²) in [4.78, 5) is 13.1. The van der Waals surface area contributed by atoms with Crippen LogP contribution in [0.2, 0.25) is 0 Å². The molecule has 14 nitrogen and oxygen atoms in total. The summed E-state index contributed by atoms with van der Waals surface area (Å²) in [5, 5.41) is 86.6. The summed E-state index contributed by atoms with van der Waals surface area (Å²) >= 11 is 0. The molecular formula is C53H101NO13. The van der Waals surface area contributed by atoms with Gasteiger partial charge in [0.2, 0.25) is 5.91 Å². The number of aliphatic hydroxyl groups is 8. The van der Waals surface area contributed by atoms with Gasteiger partial charge in [0.1, 0.15) is 48.8 Å². The first-order chi connectivity index (χ1) is 32.6. The predicted molar refractivity (Wildman–Crippen MR) is 263 cm³/mol. The number of allylic oxidation sites excluding steroid dienone is 1. The van der Waals surface area contributed by atoms with Gasteiger partial charge >= 0.3 is 0 Å². The summed E-state index contributed by atoms with van der Waals surface area (Å²) in [5.41, 5.74) is 0. The highest BCUT2D eigenvalue weighted by atomic mass is 16.7. The summed E-state index contributed by atoms with van der Waals surface area (Å²) in [6.07, 6.45) is 27.2. The summed E-state index contributed by atoms with van der Waals surface area (Å²) in [7, 11) is 0. The minimum absolute atomic E-state index is 0.238. The topological polar surface area (TPSA) is 228 Å². The molecule has 2 fully saturated rings. The number of ether oxygens (including phenoxy) is 4. The van der Waals surface area contributed by atoms with Crippen molar-refractivity contribution in [3.63, 3.8) is 0 Å². The molecular weight excluding hydrogens is 859 g/mol. The first kappa shape index (κ1) is 61.8. The number of carbonyl (C=O) groups is 1. The zero-order chi connectivity index (χ0) is 48.9. The van der Waals surface area contributed by atoms with Gasteiger partial charge in [0, 0.05) is 6.42 Å². The van der Waals surface area contributed by atoms with E-state index in [4.69, 9.17) is 18.9 Å². The van der Waals surface area contributed by atoms with Crippen LogP contribution in [0.1, 0.15) is 226 Å². The van der Waals surface area contributed by atoms with Gasteiger partial charge in [-0.15, -0.1) is 0 Å². The van der Waals surface area contributed by atoms with Crippen LogP contribution >= 0.6 is 0 Å². The minimum Gasteiger partial charge on any atom is -0.394 e. The second-order valence-electron chi connectivity index (χ2n) is 19.7. The fraction of sp³-hybridized carbons (Fsp3) is 0.943. The van der Waals surface area contributed by atoms with Crippen molar-refractivity contribution in [3.8, 4) is 0 Å². The van der Waals surface area contributed by atoms with Crippen LogP contribution < -0.4 is 5.32 Å². The number of hydrogen-bond acceptors (Lipinski definition) is 13. The Kier molecular flexibility index (Phi) is 37.2. The maximum atomic E-state index is 13.1. The SMILES string of the molecule is CCCCCCCC/C=C/C(O)C(COC1OC(CO)C(OC2OC(CO)C(O)C(O)C2O)C(O)C1O)NC(=O)CCCCCCCCCCCCCCCCCCCCCCCCCCC. The summed E-state index contributed by atoms with van der Waals surface area (Å²) in [6.45, 7) is 2.76. The highest BCUT2D eigenvalue weighted by molar-refractivity contribution is 5.76. The third-order valence-electron chi connectivity index (χ3n) is 13.7. The first-order valence-electron chi connectivity index (χ1n) is 27.4. The van der Waals surface area contributed by atoms with Gasteiger partial charge in [-0.05, 0) is 19.3 Å². The Morgan fingerprint density at radius 1 is 0.522 bits per heavy atom. The average Bonchev–Trinajstić information content (AvgIpc) is 3.32. The summed E-state index contributed by atoms with van der Waals surface area (Å²) < 4.78 is 22.6. The highest BCUT2D eigenvalue weighted by Gasteiger charge is 2.51. The van der Waals surface area contributed by atoms with Crippen molar-refractivity contribution in [2.75, 3.05) is 19.8 Å². The lowest BCUT2D eigenvalue weighted by Crippen LogP contribution is -2.65. The van der Waals surface area contributed by atoms with E-state index in [1.165, 1.54) is 154 Å². The number of carbonyl (C=O) groups excluding carboxylic acids is 1. The van der Waals surface area contributed by atoms with Crippen molar-refractivity contribution in [1.29, 1.82) is 0 Å². The predicted octanol–water partition coefficient (Wildman–Crippen LogP) is 7.94. The molecule has 2 saturated heterocycles. The molecule has 1 amide bonds. The van der Waals surface area contributed by atoms with Gasteiger partial charge in [0.15, 0.2) is 12.6 Å². The van der Waals surface area contributed by atoms with E-state index in [2.05, 4.69) is 19.2 Å². The lowest BCUT2D eigenvalue weighted by Gasteiger charge is -2.46. The number of unbranched alkanes of at least 4 members (excludes halogenated alkanes) is 30. The molecule has 0 aromatic heterocycles. The van der Waals surface area contributed by atoms with Gasteiger partial charge in [-0.25, -0.2) is 0 Å². The smallest absolute Gasteiger partial charge is 0.220 e. The van der Waals surface area contributed by atoms with Crippen LogP contribution in [-0.4, -0.2) is 140 Å². The van der Waals surface area contributed by atoms with Crippen LogP contribution in [0.15, 0.2) is 12.2 Å². The molecule has 2 aliphatic rings. The van der Waals surface area contributed by atoms with E-state index >= 15 is 0 Å². The Labute approximate surface area is 406 Å². The molecule has 9 N–H and O–H groups in total. The third-order valence-corrected chi connectivity index (χ3v) is 13.7. The maximum Gasteiger partial charge on any atom is 0.220 e. The lowest BCUT2D eigenvalue weighted by atomic mass is 9.97. The Morgan fingerprint density at radius 3 is 1.37 bits per heavy atom. The molecule has 12 unspecified atom stereocenters. The second-order valence-corrected chi connectivity index (χ2v) is 19.7. The van der Waals surface area contributed by atoms with Crippen molar-refractivity contribution in [1.82, 2.24) is 5.32 Å². The molecule has 0 aromatic carbocycles. The summed E-state index contributed by atoms with van der Waals surface area (Å²) in [5.74, 6) is -0.238. The monoisotopic (exact) mass is 960 g/mol. The van der Waals surface area contributed by atoms with E-state index in [1.54, 1.807) is 6.08 Å². The maximum absolute atomic E-state index is 13.1. The quantitative estimate of drug-likeness (QED) is 0.0209. The molecule has 2 aliphatic heterocycles. The largest absolute Gasteiger partial charge is 0.394 e. The van der Waals surface area contributed by atoms with Crippen LogP contribution in [0.3, 0.4) is 0 Å². The second kappa shape index (κ2) is 40.3. The molecule has 0 bridgehead atoms. The van der Waals surface area contributed by atoms with E-state index in [1.807, 2.05) is 6.08 Å². The van der Waals surface area contributed by atoms with E-state index in [0.717, 1.165) is 44.9 Å². The van der Waals surface area contributed by atoms with Gasteiger partial charge in [0.25, 0.3) is 0 Å². The van der Waals surface area contributed by atoms with Crippen LogP contribution in [-0.2, 0) is 23.7 Å². The summed E-state index contributed by atoms with van der Waals surface area (Å²) in [6, 6.07) is -0.906. The van der Waals surface area contributed by atoms with E-state index < -0.39 is 86.8 Å². The van der Waals surface area contributed by atoms with Crippen LogP contribution in [0.25, 0.3) is 0 Å². The fourth-order valence-corrected chi connectivity index (χ4v) is 9.23. The van der Waals surface area contributed by atoms with E-state index in [0.29, 0.717) is 6.42 Å². The molecule has 12 atom stereocenters. The average molecular weight is 960 g/mol. The van der Waals surface area contributed by atoms with Crippen LogP contribution in [0.5, 0.6) is 0 Å². The fourth-order valence-electron chi connectivity index (χ4n) is 9.23. The molecule has 396 valence electrons. The number of nitrogens with one attached hydrogen (secondary N) is 1. The molecule has 2 rings (SSSR count). The molecule has 2 heterocycles. The minimum atomic E-state index is -1.78. The Hall–Kier alpha value is -1.27. The number of hydrogen-bond donors (Lipinski definition) is 9. The molecule has 0 aliphatic carbocycles. The van der Waals surface area contributed by atoms with E-state index in [-0.39, 0.29) is 18.9 Å². The number of aliphatic hydroxyl groups excluding tert-OH is 8. The zero-order valence-electron chi connectivity index (χ0n) is 42.2. The molecule has 0 saturated carbocycles. The van der Waals surface area contributed by atoms with Gasteiger partial charge in [0.05, 0.1) is 32.0 Å². The van der Waals surface area contributed by atoms with Crippen molar-refractivity contribution >= 4 is 5.91 Å². The molecule has 0 aromatic rings. The van der Waals surface area contributed by atoms with Crippen molar-refractivity contribution < 1.29 is 64.6 Å². The standard InChI is InChI=1S/C53H101NO13/c1-3-5-7-9-11-13-14-15-16-17-18-19-20-21-22-23-24-25-26-27-28-29-31-33-35-37-45(58)54-41(42(57)36-34-32-30-12-10-8-6-4-2)40-64-52-50(63)48(61)51(44(39-56)66-52)67-53-49(62)47(60)46(59)43(38-55)65-53/h34,36,41-44,46-53,55-57,59-63H,3-33,35,37-40H2,1-2H3,(H,54,58)/b36-34+. The molecule has 67 heavy (non-hydrogen) atoms. The molecule has 0 spiro atoms. The Morgan fingerprint density at radius 2 is 0.925 bits per heavy atom. The number of amides is 1. The first-order valence-corrected chi connectivity index (χ1v) is 27.4. The third kappa shape index (κ3) is 27.2. The Balaban J connectivity index is 1.68. The highest BCUT2D eigenvalue weighted by Crippen LogP contribution is 2.30. The Bertz CT molecular complexity index is 1180. The van der Waals surface area contributed by atoms with Crippen LogP contribution in [0, 0.1) is 0 Å². The van der Waals surface area contributed by atoms with Crippen LogP contribution in [0.4, 0.5) is 0 Å². The van der Waals surface area contributed by atoms with Gasteiger partial charge in [-0.3, -0.25) is 4.79 Å². The zero-order valence-corrected chi connectivity index (χ0v) is 42.2. The van der Waals surface area contributed by atoms with Gasteiger partial charge in [-0.1, -0.05) is 212 Å².